The molecular formula is C22H21NO5. The summed E-state index contributed by atoms with van der Waals surface area (Å²) in [5, 5.41) is 10.3. The van der Waals surface area contributed by atoms with Gasteiger partial charge in [0.05, 0.1) is 11.6 Å². The Morgan fingerprint density at radius 3 is 2.25 bits per heavy atom. The number of hydrogen-bond acceptors (Lipinski definition) is 5. The van der Waals surface area contributed by atoms with Crippen molar-refractivity contribution in [3.63, 3.8) is 0 Å². The van der Waals surface area contributed by atoms with Crippen LogP contribution >= 0.6 is 0 Å². The predicted molar refractivity (Wildman–Crippen MR) is 103 cm³/mol. The molecule has 1 atom stereocenters. The van der Waals surface area contributed by atoms with Crippen molar-refractivity contribution in [1.29, 1.82) is 0 Å². The van der Waals surface area contributed by atoms with Crippen LogP contribution in [0.3, 0.4) is 0 Å². The first-order valence-electron chi connectivity index (χ1n) is 8.96. The van der Waals surface area contributed by atoms with Crippen molar-refractivity contribution in [3.05, 3.63) is 77.1 Å². The predicted octanol–water partition coefficient (Wildman–Crippen LogP) is 3.14. The third-order valence-electron chi connectivity index (χ3n) is 4.62. The minimum absolute atomic E-state index is 0.0818. The van der Waals surface area contributed by atoms with Crippen LogP contribution in [-0.4, -0.2) is 34.2 Å². The number of ketones is 1. The normalized spacial score (nSPS) is 16.4. The van der Waals surface area contributed by atoms with E-state index in [1.807, 2.05) is 30.3 Å². The topological polar surface area (TPSA) is 83.9 Å². The van der Waals surface area contributed by atoms with E-state index in [4.69, 9.17) is 4.74 Å². The summed E-state index contributed by atoms with van der Waals surface area (Å²) in [5.74, 6) is -1.49. The lowest BCUT2D eigenvalue weighted by molar-refractivity contribution is -0.132. The fourth-order valence-electron chi connectivity index (χ4n) is 3.37. The molecule has 0 aromatic heterocycles. The van der Waals surface area contributed by atoms with Gasteiger partial charge in [0, 0.05) is 13.5 Å². The van der Waals surface area contributed by atoms with E-state index < -0.39 is 23.7 Å². The number of esters is 1. The van der Waals surface area contributed by atoms with Crippen molar-refractivity contribution < 1.29 is 24.2 Å². The summed E-state index contributed by atoms with van der Waals surface area (Å²) >= 11 is 0. The highest BCUT2D eigenvalue weighted by atomic mass is 16.5. The molecule has 0 saturated carbocycles. The van der Waals surface area contributed by atoms with E-state index in [0.29, 0.717) is 24.3 Å². The van der Waals surface area contributed by atoms with Crippen molar-refractivity contribution in [2.75, 3.05) is 6.54 Å². The number of nitrogens with zero attached hydrogens (tertiary/aromatic N) is 1. The highest BCUT2D eigenvalue weighted by Gasteiger charge is 2.42. The molecule has 1 heterocycles. The molecule has 6 heteroatoms. The molecule has 28 heavy (non-hydrogen) atoms. The monoisotopic (exact) mass is 379 g/mol. The maximum absolute atomic E-state index is 12.6. The van der Waals surface area contributed by atoms with Gasteiger partial charge in [-0.2, -0.15) is 0 Å². The fourth-order valence-corrected chi connectivity index (χ4v) is 3.37. The lowest BCUT2D eigenvalue weighted by atomic mass is 9.96. The Morgan fingerprint density at radius 1 is 1.04 bits per heavy atom. The second-order valence-electron chi connectivity index (χ2n) is 6.62. The molecule has 6 nitrogen and oxygen atoms in total. The van der Waals surface area contributed by atoms with Crippen molar-refractivity contribution >= 4 is 17.7 Å². The Labute approximate surface area is 163 Å². The van der Waals surface area contributed by atoms with E-state index in [2.05, 4.69) is 0 Å². The number of ether oxygens (including phenoxy) is 1. The molecule has 1 aliphatic heterocycles. The smallest absolute Gasteiger partial charge is 0.308 e. The Balaban J connectivity index is 1.91. The zero-order valence-electron chi connectivity index (χ0n) is 15.7. The number of benzene rings is 2. The Kier molecular flexibility index (Phi) is 5.59. The summed E-state index contributed by atoms with van der Waals surface area (Å²) in [6, 6.07) is 15.6. The van der Waals surface area contributed by atoms with Crippen LogP contribution in [0.5, 0.6) is 5.75 Å². The van der Waals surface area contributed by atoms with E-state index in [0.717, 1.165) is 5.56 Å². The van der Waals surface area contributed by atoms with E-state index >= 15 is 0 Å². The molecule has 1 aliphatic rings. The number of hydrogen-bond donors (Lipinski definition) is 1. The van der Waals surface area contributed by atoms with Gasteiger partial charge in [-0.05, 0) is 36.6 Å². The van der Waals surface area contributed by atoms with Gasteiger partial charge in [0.15, 0.2) is 11.5 Å². The molecule has 3 rings (SSSR count). The highest BCUT2D eigenvalue weighted by Crippen LogP contribution is 2.38. The Bertz CT molecular complexity index is 931. The van der Waals surface area contributed by atoms with Gasteiger partial charge in [-0.25, -0.2) is 0 Å². The van der Waals surface area contributed by atoms with Gasteiger partial charge in [0.1, 0.15) is 5.75 Å². The minimum atomic E-state index is -0.680. The van der Waals surface area contributed by atoms with Crippen LogP contribution in [0.2, 0.25) is 0 Å². The van der Waals surface area contributed by atoms with Crippen LogP contribution in [0.4, 0.5) is 0 Å². The number of amides is 1. The molecular weight excluding hydrogens is 358 g/mol. The van der Waals surface area contributed by atoms with E-state index in [-0.39, 0.29) is 11.4 Å². The summed E-state index contributed by atoms with van der Waals surface area (Å²) in [4.78, 5) is 37.4. The number of carbonyl (C=O) groups excluding carboxylic acids is 3. The van der Waals surface area contributed by atoms with Gasteiger partial charge < -0.3 is 14.7 Å². The maximum atomic E-state index is 12.6. The molecule has 0 bridgehead atoms. The number of aliphatic hydroxyl groups is 1. The molecule has 144 valence electrons. The first kappa shape index (κ1) is 19.4. The third kappa shape index (κ3) is 3.96. The van der Waals surface area contributed by atoms with Gasteiger partial charge in [-0.15, -0.1) is 0 Å². The number of aliphatic hydroxyl groups excluding tert-OH is 1. The van der Waals surface area contributed by atoms with Gasteiger partial charge in [-0.3, -0.25) is 14.4 Å². The van der Waals surface area contributed by atoms with Crippen LogP contribution in [0.25, 0.3) is 0 Å². The van der Waals surface area contributed by atoms with Crippen LogP contribution in [-0.2, 0) is 20.8 Å². The average molecular weight is 379 g/mol. The molecule has 0 radical (unpaired) electrons. The lowest BCUT2D eigenvalue weighted by Gasteiger charge is -2.26. The Hall–Kier alpha value is -3.41. The maximum Gasteiger partial charge on any atom is 0.308 e. The van der Waals surface area contributed by atoms with Gasteiger partial charge >= 0.3 is 5.97 Å². The van der Waals surface area contributed by atoms with Gasteiger partial charge in [0.25, 0.3) is 5.91 Å². The molecule has 0 spiro atoms. The van der Waals surface area contributed by atoms with Crippen LogP contribution < -0.4 is 4.74 Å². The number of carbonyl (C=O) groups is 3. The van der Waals surface area contributed by atoms with Crippen molar-refractivity contribution in [2.24, 2.45) is 0 Å². The number of rotatable bonds is 6. The van der Waals surface area contributed by atoms with Crippen LogP contribution in [0.15, 0.2) is 65.9 Å². The van der Waals surface area contributed by atoms with Crippen molar-refractivity contribution in [1.82, 2.24) is 4.90 Å². The standard InChI is InChI=1S/C22H21NO5/c1-14(24)19-20(17-8-10-18(11-9-17)28-15(2)25)23(22(27)21(19)26)13-12-16-6-4-3-5-7-16/h3-11,20,26H,12-13H2,1-2H3. The van der Waals surface area contributed by atoms with Gasteiger partial charge in [-0.1, -0.05) is 42.5 Å². The minimum Gasteiger partial charge on any atom is -0.503 e. The SMILES string of the molecule is CC(=O)Oc1ccc(C2C(C(C)=O)=C(O)C(=O)N2CCc2ccccc2)cc1. The zero-order chi connectivity index (χ0) is 20.3. The molecule has 2 aromatic carbocycles. The lowest BCUT2D eigenvalue weighted by Crippen LogP contribution is -2.32. The summed E-state index contributed by atoms with van der Waals surface area (Å²) in [7, 11) is 0. The zero-order valence-corrected chi connectivity index (χ0v) is 15.7. The third-order valence-corrected chi connectivity index (χ3v) is 4.62. The molecule has 1 N–H and O–H groups in total. The summed E-state index contributed by atoms with van der Waals surface area (Å²) in [5.41, 5.74) is 1.79. The molecule has 0 saturated heterocycles. The van der Waals surface area contributed by atoms with Gasteiger partial charge in [0.2, 0.25) is 0 Å². The second kappa shape index (κ2) is 8.08. The molecule has 0 fully saturated rings. The molecule has 0 aliphatic carbocycles. The molecule has 1 amide bonds. The average Bonchev–Trinajstić information content (AvgIpc) is 2.92. The summed E-state index contributed by atoms with van der Waals surface area (Å²) in [6.45, 7) is 2.99. The Morgan fingerprint density at radius 2 is 1.68 bits per heavy atom. The number of Topliss-reactive ketones (excluding diaryl/α,β-unsaturated/α-hetero) is 1. The van der Waals surface area contributed by atoms with E-state index in [1.54, 1.807) is 24.3 Å². The fraction of sp³-hybridized carbons (Fsp3) is 0.227. The highest BCUT2D eigenvalue weighted by molar-refractivity contribution is 6.08. The van der Waals surface area contributed by atoms with Crippen LogP contribution in [0, 0.1) is 0 Å². The second-order valence-corrected chi connectivity index (χ2v) is 6.62. The first-order chi connectivity index (χ1) is 13.4. The molecule has 1 unspecified atom stereocenters. The van der Waals surface area contributed by atoms with Crippen molar-refractivity contribution in [2.45, 2.75) is 26.3 Å². The summed E-state index contributed by atoms with van der Waals surface area (Å²) in [6.07, 6.45) is 0.590. The van der Waals surface area contributed by atoms with Crippen molar-refractivity contribution in [3.8, 4) is 5.75 Å². The quantitative estimate of drug-likeness (QED) is 0.616. The van der Waals surface area contributed by atoms with Crippen LogP contribution in [0.1, 0.15) is 31.0 Å². The first-order valence-corrected chi connectivity index (χ1v) is 8.96. The van der Waals surface area contributed by atoms with E-state index in [9.17, 15) is 19.5 Å². The largest absolute Gasteiger partial charge is 0.503 e. The summed E-state index contributed by atoms with van der Waals surface area (Å²) < 4.78 is 5.03. The molecule has 2 aromatic rings. The van der Waals surface area contributed by atoms with E-state index in [1.165, 1.54) is 18.7 Å².